The SMILES string of the molecule is O=C(O)C1CCCCC1NC1CCCCN1. The van der Waals surface area contributed by atoms with Crippen LogP contribution in [0.3, 0.4) is 0 Å². The maximum absolute atomic E-state index is 11.1. The Bertz CT molecular complexity index is 239. The molecule has 1 saturated carbocycles. The van der Waals surface area contributed by atoms with Crippen molar-refractivity contribution in [2.45, 2.75) is 57.2 Å². The molecular weight excluding hydrogens is 204 g/mol. The van der Waals surface area contributed by atoms with Crippen molar-refractivity contribution in [1.82, 2.24) is 10.6 Å². The Hall–Kier alpha value is -0.610. The lowest BCUT2D eigenvalue weighted by atomic mass is 9.84. The summed E-state index contributed by atoms with van der Waals surface area (Å²) in [6.45, 7) is 1.06. The Morgan fingerprint density at radius 3 is 2.56 bits per heavy atom. The minimum Gasteiger partial charge on any atom is -0.481 e. The Kier molecular flexibility index (Phi) is 4.18. The molecule has 0 aromatic rings. The zero-order chi connectivity index (χ0) is 11.4. The molecule has 1 aliphatic carbocycles. The van der Waals surface area contributed by atoms with Crippen LogP contribution in [0.4, 0.5) is 0 Å². The Morgan fingerprint density at radius 2 is 1.88 bits per heavy atom. The molecule has 3 atom stereocenters. The molecule has 0 radical (unpaired) electrons. The van der Waals surface area contributed by atoms with E-state index < -0.39 is 5.97 Å². The van der Waals surface area contributed by atoms with E-state index in [0.717, 1.165) is 38.6 Å². The van der Waals surface area contributed by atoms with Crippen LogP contribution in [-0.2, 0) is 4.79 Å². The van der Waals surface area contributed by atoms with Crippen LogP contribution in [-0.4, -0.2) is 29.8 Å². The van der Waals surface area contributed by atoms with Gasteiger partial charge in [0.25, 0.3) is 0 Å². The van der Waals surface area contributed by atoms with E-state index in [9.17, 15) is 9.90 Å². The number of rotatable bonds is 3. The zero-order valence-electron chi connectivity index (χ0n) is 9.74. The molecule has 92 valence electrons. The van der Waals surface area contributed by atoms with Gasteiger partial charge in [-0.25, -0.2) is 0 Å². The lowest BCUT2D eigenvalue weighted by molar-refractivity contribution is -0.143. The van der Waals surface area contributed by atoms with Crippen molar-refractivity contribution in [3.8, 4) is 0 Å². The maximum Gasteiger partial charge on any atom is 0.308 e. The summed E-state index contributed by atoms with van der Waals surface area (Å²) in [6, 6.07) is 0.168. The fraction of sp³-hybridized carbons (Fsp3) is 0.917. The van der Waals surface area contributed by atoms with Crippen LogP contribution in [0.15, 0.2) is 0 Å². The molecule has 4 nitrogen and oxygen atoms in total. The summed E-state index contributed by atoms with van der Waals surface area (Å²) in [5, 5.41) is 16.1. The highest BCUT2D eigenvalue weighted by atomic mass is 16.4. The van der Waals surface area contributed by atoms with E-state index in [1.165, 1.54) is 12.8 Å². The monoisotopic (exact) mass is 226 g/mol. The molecule has 0 aromatic carbocycles. The first-order chi connectivity index (χ1) is 7.77. The van der Waals surface area contributed by atoms with E-state index in [1.54, 1.807) is 0 Å². The van der Waals surface area contributed by atoms with Crippen LogP contribution in [0.25, 0.3) is 0 Å². The summed E-state index contributed by atoms with van der Waals surface area (Å²) < 4.78 is 0. The molecule has 16 heavy (non-hydrogen) atoms. The number of carbonyl (C=O) groups is 1. The third-order valence-electron chi connectivity index (χ3n) is 3.81. The number of aliphatic carboxylic acids is 1. The van der Waals surface area contributed by atoms with Crippen LogP contribution in [0.5, 0.6) is 0 Å². The first-order valence-electron chi connectivity index (χ1n) is 6.49. The third kappa shape index (κ3) is 2.95. The van der Waals surface area contributed by atoms with Gasteiger partial charge in [-0.05, 0) is 38.6 Å². The highest BCUT2D eigenvalue weighted by molar-refractivity contribution is 5.71. The number of hydrogen-bond donors (Lipinski definition) is 3. The molecule has 2 aliphatic rings. The summed E-state index contributed by atoms with van der Waals surface area (Å²) >= 11 is 0. The lowest BCUT2D eigenvalue weighted by Crippen LogP contribution is -2.53. The fourth-order valence-corrected chi connectivity index (χ4v) is 2.88. The highest BCUT2D eigenvalue weighted by Gasteiger charge is 2.32. The van der Waals surface area contributed by atoms with Crippen molar-refractivity contribution >= 4 is 5.97 Å². The average molecular weight is 226 g/mol. The predicted octanol–water partition coefficient (Wildman–Crippen LogP) is 1.32. The minimum absolute atomic E-state index is 0.168. The van der Waals surface area contributed by atoms with E-state index in [4.69, 9.17) is 0 Å². The summed E-state index contributed by atoms with van der Waals surface area (Å²) in [7, 11) is 0. The molecule has 0 bridgehead atoms. The molecule has 2 rings (SSSR count). The molecular formula is C12H22N2O2. The van der Waals surface area contributed by atoms with Gasteiger partial charge in [-0.1, -0.05) is 12.8 Å². The van der Waals surface area contributed by atoms with E-state index >= 15 is 0 Å². The van der Waals surface area contributed by atoms with Crippen LogP contribution in [0.1, 0.15) is 44.9 Å². The minimum atomic E-state index is -0.631. The van der Waals surface area contributed by atoms with Gasteiger partial charge in [0, 0.05) is 6.04 Å². The van der Waals surface area contributed by atoms with Crippen molar-refractivity contribution in [2.75, 3.05) is 6.54 Å². The smallest absolute Gasteiger partial charge is 0.308 e. The molecule has 3 unspecified atom stereocenters. The summed E-state index contributed by atoms with van der Waals surface area (Å²) in [5.74, 6) is -0.814. The summed E-state index contributed by atoms with van der Waals surface area (Å²) in [6.07, 6.45) is 8.01. The van der Waals surface area contributed by atoms with Crippen LogP contribution in [0, 0.1) is 5.92 Å². The van der Waals surface area contributed by atoms with E-state index in [0.29, 0.717) is 6.17 Å². The third-order valence-corrected chi connectivity index (χ3v) is 3.81. The van der Waals surface area contributed by atoms with Crippen LogP contribution >= 0.6 is 0 Å². The molecule has 1 saturated heterocycles. The Balaban J connectivity index is 1.87. The van der Waals surface area contributed by atoms with Crippen LogP contribution in [0.2, 0.25) is 0 Å². The molecule has 0 spiro atoms. The Labute approximate surface area is 96.8 Å². The first kappa shape index (κ1) is 11.9. The summed E-state index contributed by atoms with van der Waals surface area (Å²) in [4.78, 5) is 11.1. The molecule has 1 heterocycles. The van der Waals surface area contributed by atoms with Gasteiger partial charge in [0.2, 0.25) is 0 Å². The molecule has 0 aromatic heterocycles. The van der Waals surface area contributed by atoms with Gasteiger partial charge in [0.05, 0.1) is 12.1 Å². The standard InChI is InChI=1S/C12H22N2O2/c15-12(16)9-5-1-2-6-10(9)14-11-7-3-4-8-13-11/h9-11,13-14H,1-8H2,(H,15,16). The average Bonchev–Trinajstić information content (AvgIpc) is 2.31. The van der Waals surface area contributed by atoms with Gasteiger partial charge in [0.1, 0.15) is 0 Å². The number of piperidine rings is 1. The number of carboxylic acid groups (broad SMARTS) is 1. The van der Waals surface area contributed by atoms with E-state index in [1.807, 2.05) is 0 Å². The fourth-order valence-electron chi connectivity index (χ4n) is 2.88. The topological polar surface area (TPSA) is 61.4 Å². The zero-order valence-corrected chi connectivity index (χ0v) is 9.74. The molecule has 2 fully saturated rings. The largest absolute Gasteiger partial charge is 0.481 e. The molecule has 3 N–H and O–H groups in total. The predicted molar refractivity (Wildman–Crippen MR) is 62.2 cm³/mol. The second-order valence-corrected chi connectivity index (χ2v) is 5.00. The van der Waals surface area contributed by atoms with Crippen molar-refractivity contribution in [3.63, 3.8) is 0 Å². The normalized spacial score (nSPS) is 35.9. The van der Waals surface area contributed by atoms with Crippen LogP contribution < -0.4 is 10.6 Å². The van der Waals surface area contributed by atoms with Crippen molar-refractivity contribution in [1.29, 1.82) is 0 Å². The lowest BCUT2D eigenvalue weighted by Gasteiger charge is -2.34. The van der Waals surface area contributed by atoms with E-state index in [2.05, 4.69) is 10.6 Å². The molecule has 4 heteroatoms. The first-order valence-corrected chi connectivity index (χ1v) is 6.49. The van der Waals surface area contributed by atoms with Gasteiger partial charge in [-0.15, -0.1) is 0 Å². The van der Waals surface area contributed by atoms with Crippen molar-refractivity contribution < 1.29 is 9.90 Å². The molecule has 0 amide bonds. The van der Waals surface area contributed by atoms with Crippen molar-refractivity contribution in [2.24, 2.45) is 5.92 Å². The van der Waals surface area contributed by atoms with Gasteiger partial charge in [-0.2, -0.15) is 0 Å². The second-order valence-electron chi connectivity index (χ2n) is 5.00. The van der Waals surface area contributed by atoms with Gasteiger partial charge >= 0.3 is 5.97 Å². The van der Waals surface area contributed by atoms with E-state index in [-0.39, 0.29) is 12.0 Å². The van der Waals surface area contributed by atoms with Gasteiger partial charge in [-0.3, -0.25) is 10.1 Å². The van der Waals surface area contributed by atoms with Gasteiger partial charge in [0.15, 0.2) is 0 Å². The molecule has 1 aliphatic heterocycles. The maximum atomic E-state index is 11.1. The number of carboxylic acids is 1. The number of nitrogens with one attached hydrogen (secondary N) is 2. The van der Waals surface area contributed by atoms with Crippen molar-refractivity contribution in [3.05, 3.63) is 0 Å². The van der Waals surface area contributed by atoms with Gasteiger partial charge < -0.3 is 10.4 Å². The highest BCUT2D eigenvalue weighted by Crippen LogP contribution is 2.25. The Morgan fingerprint density at radius 1 is 1.12 bits per heavy atom. The quantitative estimate of drug-likeness (QED) is 0.679. The summed E-state index contributed by atoms with van der Waals surface area (Å²) in [5.41, 5.74) is 0. The second kappa shape index (κ2) is 5.64. The number of hydrogen-bond acceptors (Lipinski definition) is 3.